The molecular weight excluding hydrogens is 206 g/mol. The number of nitrogens with zero attached hydrogens (tertiary/aromatic N) is 1. The summed E-state index contributed by atoms with van der Waals surface area (Å²) in [4.78, 5) is 13.1. The van der Waals surface area contributed by atoms with Crippen molar-refractivity contribution in [2.75, 3.05) is 26.7 Å². The molecule has 1 rings (SSSR count). The molecule has 0 aliphatic carbocycles. The summed E-state index contributed by atoms with van der Waals surface area (Å²) in [5, 5.41) is 0. The van der Waals surface area contributed by atoms with Gasteiger partial charge in [0, 0.05) is 19.7 Å². The van der Waals surface area contributed by atoms with Crippen LogP contribution in [0.5, 0.6) is 0 Å². The average Bonchev–Trinajstić information content (AvgIpc) is 2.17. The Kier molecular flexibility index (Phi) is 4.70. The summed E-state index contributed by atoms with van der Waals surface area (Å²) in [6.45, 7) is 3.77. The van der Waals surface area contributed by atoms with E-state index in [1.165, 1.54) is 6.42 Å². The van der Waals surface area contributed by atoms with Crippen LogP contribution in [0.1, 0.15) is 26.2 Å². The minimum absolute atomic E-state index is 0.266. The molecule has 1 fully saturated rings. The standard InChI is InChI=1S/C11H23N3O2/c1-11(13,10(12)15)8-14(2)7-9-5-3-4-6-16-9/h9H,3-8,13H2,1-2H3,(H2,12,15). The van der Waals surface area contributed by atoms with Gasteiger partial charge in [0.15, 0.2) is 0 Å². The smallest absolute Gasteiger partial charge is 0.238 e. The minimum atomic E-state index is -0.969. The molecule has 1 aliphatic heterocycles. The van der Waals surface area contributed by atoms with E-state index in [1.807, 2.05) is 11.9 Å². The lowest BCUT2D eigenvalue weighted by molar-refractivity contribution is -0.123. The number of carbonyl (C=O) groups is 1. The maximum atomic E-state index is 11.1. The van der Waals surface area contributed by atoms with Crippen LogP contribution in [-0.2, 0) is 9.53 Å². The van der Waals surface area contributed by atoms with E-state index < -0.39 is 11.4 Å². The summed E-state index contributed by atoms with van der Waals surface area (Å²) in [7, 11) is 1.94. The number of rotatable bonds is 5. The second-order valence-corrected chi connectivity index (χ2v) is 4.97. The van der Waals surface area contributed by atoms with Gasteiger partial charge in [0.1, 0.15) is 5.54 Å². The van der Waals surface area contributed by atoms with Gasteiger partial charge in [0.25, 0.3) is 0 Å². The average molecular weight is 229 g/mol. The number of amides is 1. The van der Waals surface area contributed by atoms with Crippen LogP contribution in [0.4, 0.5) is 0 Å². The van der Waals surface area contributed by atoms with Gasteiger partial charge in [-0.25, -0.2) is 0 Å². The molecule has 0 aromatic rings. The third kappa shape index (κ3) is 4.08. The summed E-state index contributed by atoms with van der Waals surface area (Å²) in [6.07, 6.45) is 3.72. The lowest BCUT2D eigenvalue weighted by Crippen LogP contribution is -2.57. The van der Waals surface area contributed by atoms with Crippen LogP contribution in [0.3, 0.4) is 0 Å². The summed E-state index contributed by atoms with van der Waals surface area (Å²) in [5.74, 6) is -0.469. The van der Waals surface area contributed by atoms with Crippen LogP contribution in [0.15, 0.2) is 0 Å². The van der Waals surface area contributed by atoms with E-state index in [9.17, 15) is 4.79 Å². The largest absolute Gasteiger partial charge is 0.377 e. The molecule has 16 heavy (non-hydrogen) atoms. The summed E-state index contributed by atoms with van der Waals surface area (Å²) in [5.41, 5.74) is 10.1. The Morgan fingerprint density at radius 1 is 1.56 bits per heavy atom. The summed E-state index contributed by atoms with van der Waals surface area (Å²) in [6, 6.07) is 0. The summed E-state index contributed by atoms with van der Waals surface area (Å²) >= 11 is 0. The molecule has 5 nitrogen and oxygen atoms in total. The van der Waals surface area contributed by atoms with E-state index in [0.29, 0.717) is 6.54 Å². The third-order valence-electron chi connectivity index (χ3n) is 2.95. The monoisotopic (exact) mass is 229 g/mol. The highest BCUT2D eigenvalue weighted by molar-refractivity contribution is 5.84. The highest BCUT2D eigenvalue weighted by Gasteiger charge is 2.28. The van der Waals surface area contributed by atoms with Crippen molar-refractivity contribution in [3.8, 4) is 0 Å². The molecule has 4 N–H and O–H groups in total. The van der Waals surface area contributed by atoms with Crippen LogP contribution in [0.2, 0.25) is 0 Å². The number of carbonyl (C=O) groups excluding carboxylic acids is 1. The van der Waals surface area contributed by atoms with Gasteiger partial charge in [0.2, 0.25) is 5.91 Å². The van der Waals surface area contributed by atoms with Gasteiger partial charge in [-0.1, -0.05) is 0 Å². The van der Waals surface area contributed by atoms with Crippen molar-refractivity contribution in [3.05, 3.63) is 0 Å². The van der Waals surface area contributed by atoms with Gasteiger partial charge < -0.3 is 21.1 Å². The molecule has 5 heteroatoms. The Bertz CT molecular complexity index is 237. The zero-order chi connectivity index (χ0) is 12.2. The van der Waals surface area contributed by atoms with Crippen LogP contribution < -0.4 is 11.5 Å². The van der Waals surface area contributed by atoms with Crippen LogP contribution in [0, 0.1) is 0 Å². The molecule has 2 unspecified atom stereocenters. The van der Waals surface area contributed by atoms with E-state index in [4.69, 9.17) is 16.2 Å². The molecule has 0 spiro atoms. The van der Waals surface area contributed by atoms with Crippen molar-refractivity contribution in [2.24, 2.45) is 11.5 Å². The predicted molar refractivity (Wildman–Crippen MR) is 62.9 cm³/mol. The molecule has 0 aromatic carbocycles. The number of primary amides is 1. The van der Waals surface area contributed by atoms with Crippen molar-refractivity contribution in [1.82, 2.24) is 4.90 Å². The molecule has 0 bridgehead atoms. The fourth-order valence-electron chi connectivity index (χ4n) is 2.00. The Balaban J connectivity index is 2.34. The number of hydrogen-bond acceptors (Lipinski definition) is 4. The molecule has 0 aromatic heterocycles. The molecular formula is C11H23N3O2. The van der Waals surface area contributed by atoms with Crippen LogP contribution in [-0.4, -0.2) is 49.2 Å². The maximum absolute atomic E-state index is 11.1. The normalized spacial score (nSPS) is 25.4. The van der Waals surface area contributed by atoms with Crippen molar-refractivity contribution < 1.29 is 9.53 Å². The first-order valence-corrected chi connectivity index (χ1v) is 5.81. The van der Waals surface area contributed by atoms with Crippen molar-refractivity contribution >= 4 is 5.91 Å². The Morgan fingerprint density at radius 3 is 2.75 bits per heavy atom. The molecule has 1 aliphatic rings. The predicted octanol–water partition coefficient (Wildman–Crippen LogP) is -0.310. The highest BCUT2D eigenvalue weighted by Crippen LogP contribution is 2.14. The molecule has 1 saturated heterocycles. The lowest BCUT2D eigenvalue weighted by Gasteiger charge is -2.31. The summed E-state index contributed by atoms with van der Waals surface area (Å²) < 4.78 is 5.62. The van der Waals surface area contributed by atoms with E-state index >= 15 is 0 Å². The fourth-order valence-corrected chi connectivity index (χ4v) is 2.00. The zero-order valence-corrected chi connectivity index (χ0v) is 10.2. The number of hydrogen-bond donors (Lipinski definition) is 2. The minimum Gasteiger partial charge on any atom is -0.377 e. The first kappa shape index (κ1) is 13.4. The van der Waals surface area contributed by atoms with E-state index in [2.05, 4.69) is 0 Å². The zero-order valence-electron chi connectivity index (χ0n) is 10.2. The third-order valence-corrected chi connectivity index (χ3v) is 2.95. The molecule has 94 valence electrons. The lowest BCUT2D eigenvalue weighted by atomic mass is 10.0. The van der Waals surface area contributed by atoms with Gasteiger partial charge in [-0.15, -0.1) is 0 Å². The molecule has 1 heterocycles. The van der Waals surface area contributed by atoms with Gasteiger partial charge in [0.05, 0.1) is 6.10 Å². The van der Waals surface area contributed by atoms with Crippen LogP contribution in [0.25, 0.3) is 0 Å². The Morgan fingerprint density at radius 2 is 2.25 bits per heavy atom. The topological polar surface area (TPSA) is 81.6 Å². The SMILES string of the molecule is CN(CC1CCCCO1)CC(C)(N)C(N)=O. The molecule has 2 atom stereocenters. The van der Waals surface area contributed by atoms with E-state index in [1.54, 1.807) is 6.92 Å². The second kappa shape index (κ2) is 5.61. The first-order chi connectivity index (χ1) is 7.42. The number of ether oxygens (including phenoxy) is 1. The highest BCUT2D eigenvalue weighted by atomic mass is 16.5. The quantitative estimate of drug-likeness (QED) is 0.677. The maximum Gasteiger partial charge on any atom is 0.238 e. The number of nitrogens with two attached hydrogens (primary N) is 2. The first-order valence-electron chi connectivity index (χ1n) is 5.81. The van der Waals surface area contributed by atoms with Gasteiger partial charge in [-0.2, -0.15) is 0 Å². The number of likely N-dealkylation sites (N-methyl/N-ethyl adjacent to an activating group) is 1. The Hall–Kier alpha value is -0.650. The van der Waals surface area contributed by atoms with Gasteiger partial charge in [-0.05, 0) is 33.2 Å². The van der Waals surface area contributed by atoms with Crippen molar-refractivity contribution in [3.63, 3.8) is 0 Å². The van der Waals surface area contributed by atoms with Crippen molar-refractivity contribution in [1.29, 1.82) is 0 Å². The van der Waals surface area contributed by atoms with Gasteiger partial charge >= 0.3 is 0 Å². The molecule has 1 amide bonds. The fraction of sp³-hybridized carbons (Fsp3) is 0.909. The van der Waals surface area contributed by atoms with E-state index in [0.717, 1.165) is 26.0 Å². The van der Waals surface area contributed by atoms with E-state index in [-0.39, 0.29) is 6.10 Å². The second-order valence-electron chi connectivity index (χ2n) is 4.97. The van der Waals surface area contributed by atoms with Gasteiger partial charge in [-0.3, -0.25) is 4.79 Å². The molecule has 0 saturated carbocycles. The van der Waals surface area contributed by atoms with Crippen LogP contribution >= 0.6 is 0 Å². The molecule has 0 radical (unpaired) electrons. The Labute approximate surface area is 97.1 Å². The van der Waals surface area contributed by atoms with Crippen molar-refractivity contribution in [2.45, 2.75) is 37.8 Å².